The summed E-state index contributed by atoms with van der Waals surface area (Å²) in [6, 6.07) is 85.7. The Morgan fingerprint density at radius 2 is 0.681 bits per heavy atom. The first kappa shape index (κ1) is 60.1. The summed E-state index contributed by atoms with van der Waals surface area (Å²) in [5.74, 6) is 1.28. The van der Waals surface area contributed by atoms with Crippen LogP contribution in [0.25, 0.3) is 82.2 Å². The van der Waals surface area contributed by atoms with Gasteiger partial charge in [0.25, 0.3) is 0 Å². The first-order valence-corrected chi connectivity index (χ1v) is 35.4. The molecule has 16 rings (SSSR count). The van der Waals surface area contributed by atoms with Crippen LogP contribution >= 0.6 is 0 Å². The zero-order valence-electron chi connectivity index (χ0n) is 57.4. The van der Waals surface area contributed by atoms with E-state index in [9.17, 15) is 0 Å². The van der Waals surface area contributed by atoms with E-state index >= 15 is 0 Å². The average Bonchev–Trinajstić information content (AvgIpc) is 1.51. The molecular weight excluding hydrogens is 1140 g/mol. The van der Waals surface area contributed by atoms with Crippen LogP contribution in [0, 0.1) is 0 Å². The van der Waals surface area contributed by atoms with Gasteiger partial charge in [0.1, 0.15) is 0 Å². The first-order valence-electron chi connectivity index (χ1n) is 35.4. The van der Waals surface area contributed by atoms with E-state index in [-0.39, 0.29) is 21.7 Å². The number of aromatic nitrogens is 1. The molecule has 0 unspecified atom stereocenters. The van der Waals surface area contributed by atoms with Crippen molar-refractivity contribution in [1.82, 2.24) is 4.40 Å². The Kier molecular flexibility index (Phi) is 14.5. The highest BCUT2D eigenvalue weighted by molar-refractivity contribution is 6.28. The molecule has 94 heavy (non-hydrogen) atoms. The highest BCUT2D eigenvalue weighted by Gasteiger charge is 2.38. The molecule has 0 atom stereocenters. The normalized spacial score (nSPS) is 15.6. The summed E-state index contributed by atoms with van der Waals surface area (Å²) >= 11 is 0. The molecule has 0 saturated heterocycles. The van der Waals surface area contributed by atoms with Crippen LogP contribution in [0.3, 0.4) is 0 Å². The van der Waals surface area contributed by atoms with Crippen molar-refractivity contribution in [2.75, 3.05) is 9.80 Å². The molecule has 3 aliphatic carbocycles. The molecule has 0 spiro atoms. The van der Waals surface area contributed by atoms with E-state index in [1.54, 1.807) is 0 Å². The molecule has 2 heterocycles. The lowest BCUT2D eigenvalue weighted by molar-refractivity contribution is 0.443. The van der Waals surface area contributed by atoms with Gasteiger partial charge in [0, 0.05) is 66.5 Å². The van der Waals surface area contributed by atoms with E-state index in [2.05, 4.69) is 309 Å². The van der Waals surface area contributed by atoms with Crippen LogP contribution in [0.2, 0.25) is 0 Å². The third-order valence-electron chi connectivity index (χ3n) is 22.4. The summed E-state index contributed by atoms with van der Waals surface area (Å²) in [5, 5.41) is 7.82. The maximum absolute atomic E-state index is 2.66. The Morgan fingerprint density at radius 1 is 0.319 bits per heavy atom. The van der Waals surface area contributed by atoms with Crippen LogP contribution in [-0.4, -0.2) is 4.40 Å². The fraction of sp³-hybridized carbons (Fsp3) is 0.297. The van der Waals surface area contributed by atoms with Gasteiger partial charge in [-0.05, 0) is 216 Å². The number of hydrogen-bond acceptors (Lipinski definition) is 2. The summed E-state index contributed by atoms with van der Waals surface area (Å²) in [6.45, 7) is 25.7. The van der Waals surface area contributed by atoms with Crippen molar-refractivity contribution < 1.29 is 0 Å². The average molecular weight is 1230 g/mol. The Bertz CT molecular complexity index is 4990. The molecule has 470 valence electrons. The Labute approximate surface area is 558 Å². The monoisotopic (exact) mass is 1230 g/mol. The quantitative estimate of drug-likeness (QED) is 0.135. The molecule has 3 aliphatic rings. The van der Waals surface area contributed by atoms with Gasteiger partial charge in [0.05, 0.1) is 16.6 Å². The maximum atomic E-state index is 2.66. The van der Waals surface area contributed by atoms with Crippen LogP contribution < -0.4 is 9.80 Å². The molecule has 13 aromatic rings. The van der Waals surface area contributed by atoms with Crippen molar-refractivity contribution >= 4 is 83.0 Å². The molecule has 0 aliphatic heterocycles. The zero-order valence-corrected chi connectivity index (χ0v) is 57.4. The van der Waals surface area contributed by atoms with E-state index < -0.39 is 0 Å². The maximum Gasteiger partial charge on any atom is 0.0620 e. The molecule has 3 nitrogen and oxygen atoms in total. The molecule has 0 radical (unpaired) electrons. The van der Waals surface area contributed by atoms with Crippen molar-refractivity contribution in [3.63, 3.8) is 0 Å². The second-order valence-corrected chi connectivity index (χ2v) is 31.9. The van der Waals surface area contributed by atoms with Crippen LogP contribution in [0.15, 0.2) is 218 Å². The summed E-state index contributed by atoms with van der Waals surface area (Å²) in [4.78, 5) is 4.99. The molecule has 0 amide bonds. The molecule has 3 heteroatoms. The number of anilines is 6. The highest BCUT2D eigenvalue weighted by Crippen LogP contribution is 2.55. The summed E-state index contributed by atoms with van der Waals surface area (Å²) < 4.78 is 2.66. The minimum Gasteiger partial charge on any atom is -0.310 e. The van der Waals surface area contributed by atoms with Crippen molar-refractivity contribution in [2.45, 2.75) is 174 Å². The molecule has 0 bridgehead atoms. The van der Waals surface area contributed by atoms with Crippen LogP contribution in [-0.2, 0) is 21.7 Å². The second-order valence-electron chi connectivity index (χ2n) is 31.9. The zero-order chi connectivity index (χ0) is 64.6. The molecule has 11 aromatic carbocycles. The van der Waals surface area contributed by atoms with Crippen LogP contribution in [0.5, 0.6) is 0 Å². The van der Waals surface area contributed by atoms with E-state index in [1.807, 2.05) is 0 Å². The lowest BCUT2D eigenvalue weighted by atomic mass is 9.81. The van der Waals surface area contributed by atoms with Gasteiger partial charge in [0.15, 0.2) is 0 Å². The second kappa shape index (κ2) is 22.6. The molecule has 0 N–H and O–H groups in total. The third kappa shape index (κ3) is 10.3. The van der Waals surface area contributed by atoms with Gasteiger partial charge < -0.3 is 14.2 Å². The summed E-state index contributed by atoms with van der Waals surface area (Å²) in [7, 11) is 0. The van der Waals surface area contributed by atoms with Crippen molar-refractivity contribution in [3.8, 4) is 33.4 Å². The van der Waals surface area contributed by atoms with Gasteiger partial charge in [-0.3, -0.25) is 0 Å². The summed E-state index contributed by atoms with van der Waals surface area (Å²) in [6.07, 6.45) is 13.2. The molecule has 2 aromatic heterocycles. The lowest BCUT2D eigenvalue weighted by Gasteiger charge is -2.29. The van der Waals surface area contributed by atoms with Crippen molar-refractivity contribution in [1.29, 1.82) is 0 Å². The van der Waals surface area contributed by atoms with Gasteiger partial charge in [-0.25, -0.2) is 0 Å². The smallest absolute Gasteiger partial charge is 0.0620 e. The fourth-order valence-electron chi connectivity index (χ4n) is 16.8. The number of nitrogens with zero attached hydrogens (tertiary/aromatic N) is 3. The number of fused-ring (bicyclic) bond motifs is 12. The largest absolute Gasteiger partial charge is 0.310 e. The van der Waals surface area contributed by atoms with Gasteiger partial charge in [-0.15, -0.1) is 0 Å². The topological polar surface area (TPSA) is 10.9 Å². The van der Waals surface area contributed by atoms with Gasteiger partial charge in [-0.1, -0.05) is 248 Å². The van der Waals surface area contributed by atoms with Gasteiger partial charge >= 0.3 is 0 Å². The number of hydrogen-bond donors (Lipinski definition) is 0. The lowest BCUT2D eigenvalue weighted by Crippen LogP contribution is -2.16. The van der Waals surface area contributed by atoms with Crippen LogP contribution in [0.1, 0.15) is 191 Å². The van der Waals surface area contributed by atoms with E-state index in [0.717, 1.165) is 17.1 Å². The van der Waals surface area contributed by atoms with Gasteiger partial charge in [0.2, 0.25) is 0 Å². The van der Waals surface area contributed by atoms with Gasteiger partial charge in [-0.2, -0.15) is 0 Å². The standard InChI is InChI=1S/C91H91N3/c1-88(2,3)66-34-22-60(23-35-66)64-30-42-70(43-31-64)92(69-38-26-62(27-39-69)58-18-14-12-15-19-58)73-47-49-79-83(56-73)91(10,11)82-53-52-77-76(85(79)82)50-51-78-81-55-68(90(7,8)9)54-80-75-48-46-74(57-84(75)94(86(77)78)87(80)81)93(71-40-28-63(29-41-71)59-20-16-13-17-21-59)72-44-32-65(33-45-72)61-24-36-67(37-25-61)89(4,5)6/h22-59H,12-21H2,1-11H3. The van der Waals surface area contributed by atoms with Crippen molar-refractivity contribution in [3.05, 3.63) is 257 Å². The number of rotatable bonds is 10. The predicted molar refractivity (Wildman–Crippen MR) is 404 cm³/mol. The first-order chi connectivity index (χ1) is 45.2. The Morgan fingerprint density at radius 3 is 1.15 bits per heavy atom. The molecular formula is C91H91N3. The number of benzene rings is 11. The van der Waals surface area contributed by atoms with Crippen LogP contribution in [0.4, 0.5) is 34.1 Å². The highest BCUT2D eigenvalue weighted by atomic mass is 15.1. The summed E-state index contributed by atoms with van der Waals surface area (Å²) in [5.41, 5.74) is 28.0. The third-order valence-corrected chi connectivity index (χ3v) is 22.4. The predicted octanol–water partition coefficient (Wildman–Crippen LogP) is 26.6. The molecule has 2 fully saturated rings. The van der Waals surface area contributed by atoms with E-state index in [0.29, 0.717) is 11.8 Å². The Hall–Kier alpha value is -8.92. The Balaban J connectivity index is 0.841. The SMILES string of the molecule is CC(C)(C)c1ccc(-c2ccc(N(c3ccc(C4CCCCC4)cc3)c3ccc4c(c3)C(C)(C)c3ccc5c(ccc6c7cc(C(C)(C)C)cc8c9ccc(N(c%10ccc(-c%11ccc(C(C)(C)C)cc%11)cc%10)c%10ccc(C%11CCCCC%11)cc%10)cc9n(c56)c87)c3-4)cc2)cc1. The minimum atomic E-state index is -0.256. The fourth-order valence-corrected chi connectivity index (χ4v) is 16.8. The van der Waals surface area contributed by atoms with E-state index in [4.69, 9.17) is 0 Å². The van der Waals surface area contributed by atoms with E-state index in [1.165, 1.54) is 202 Å². The minimum absolute atomic E-state index is 0.0503. The van der Waals surface area contributed by atoms with Crippen molar-refractivity contribution in [2.24, 2.45) is 0 Å². The molecule has 2 saturated carbocycles.